The van der Waals surface area contributed by atoms with E-state index in [1.54, 1.807) is 6.26 Å². The minimum atomic E-state index is 0.679. The average molecular weight is 320 g/mol. The van der Waals surface area contributed by atoms with Crippen LogP contribution >= 0.6 is 0 Å². The Bertz CT molecular complexity index is 828. The van der Waals surface area contributed by atoms with Crippen LogP contribution in [0.15, 0.2) is 47.2 Å². The molecule has 0 atom stereocenters. The Morgan fingerprint density at radius 1 is 1.17 bits per heavy atom. The number of hydrogen-bond donors (Lipinski definition) is 0. The Morgan fingerprint density at radius 2 is 2.04 bits per heavy atom. The lowest BCUT2D eigenvalue weighted by Gasteiger charge is -2.27. The monoisotopic (exact) mass is 320 g/mol. The fourth-order valence-corrected chi connectivity index (χ4v) is 3.03. The third-order valence-electron chi connectivity index (χ3n) is 4.35. The standard InChI is InChI=1S/C19H20N4O/c1-2-18-20-10-15-8-9-23(12-17(15)22-18)11-16-13-24-19(21-16)14-6-4-3-5-7-14/h3-7,10,13H,2,8-9,11-12H2,1H3. The number of oxazole rings is 1. The van der Waals surface area contributed by atoms with Crippen LogP contribution in [-0.4, -0.2) is 26.4 Å². The molecule has 3 aromatic rings. The van der Waals surface area contributed by atoms with E-state index >= 15 is 0 Å². The highest BCUT2D eigenvalue weighted by Crippen LogP contribution is 2.21. The number of rotatable bonds is 4. The molecule has 0 saturated heterocycles. The predicted octanol–water partition coefficient (Wildman–Crippen LogP) is 3.25. The second-order valence-corrected chi connectivity index (χ2v) is 6.08. The Kier molecular flexibility index (Phi) is 4.09. The molecule has 5 nitrogen and oxygen atoms in total. The minimum Gasteiger partial charge on any atom is -0.444 e. The molecule has 0 aliphatic carbocycles. The first kappa shape index (κ1) is 15.0. The fraction of sp³-hybridized carbons (Fsp3) is 0.316. The van der Waals surface area contributed by atoms with Crippen molar-refractivity contribution in [3.63, 3.8) is 0 Å². The van der Waals surface area contributed by atoms with Gasteiger partial charge in [0.2, 0.25) is 5.89 Å². The Morgan fingerprint density at radius 3 is 2.88 bits per heavy atom. The van der Waals surface area contributed by atoms with Crippen molar-refractivity contribution in [2.75, 3.05) is 6.54 Å². The van der Waals surface area contributed by atoms with E-state index in [-0.39, 0.29) is 0 Å². The van der Waals surface area contributed by atoms with Crippen LogP contribution in [0, 0.1) is 0 Å². The minimum absolute atomic E-state index is 0.679. The molecule has 0 unspecified atom stereocenters. The highest BCUT2D eigenvalue weighted by Gasteiger charge is 2.19. The quantitative estimate of drug-likeness (QED) is 0.738. The van der Waals surface area contributed by atoms with E-state index in [2.05, 4.69) is 26.8 Å². The summed E-state index contributed by atoms with van der Waals surface area (Å²) in [5.74, 6) is 1.60. The van der Waals surface area contributed by atoms with E-state index in [4.69, 9.17) is 4.42 Å². The van der Waals surface area contributed by atoms with Gasteiger partial charge in [-0.05, 0) is 24.1 Å². The Balaban J connectivity index is 1.47. The van der Waals surface area contributed by atoms with Crippen molar-refractivity contribution in [3.8, 4) is 11.5 Å². The number of fused-ring (bicyclic) bond motifs is 1. The molecule has 122 valence electrons. The number of benzene rings is 1. The molecule has 0 spiro atoms. The molecule has 1 aliphatic heterocycles. The summed E-state index contributed by atoms with van der Waals surface area (Å²) in [6, 6.07) is 9.99. The average Bonchev–Trinajstić information content (AvgIpc) is 3.10. The second kappa shape index (κ2) is 6.53. The highest BCUT2D eigenvalue weighted by atomic mass is 16.3. The lowest BCUT2D eigenvalue weighted by Crippen LogP contribution is -2.31. The molecule has 0 bridgehead atoms. The van der Waals surface area contributed by atoms with Crippen molar-refractivity contribution >= 4 is 0 Å². The maximum atomic E-state index is 5.63. The van der Waals surface area contributed by atoms with Crippen molar-refractivity contribution in [3.05, 3.63) is 65.6 Å². The molecule has 0 radical (unpaired) electrons. The molecular weight excluding hydrogens is 300 g/mol. The lowest BCUT2D eigenvalue weighted by atomic mass is 10.1. The summed E-state index contributed by atoms with van der Waals surface area (Å²) in [5, 5.41) is 0. The molecule has 0 amide bonds. The van der Waals surface area contributed by atoms with Gasteiger partial charge in [-0.3, -0.25) is 4.90 Å². The summed E-state index contributed by atoms with van der Waals surface area (Å²) < 4.78 is 5.63. The molecule has 0 fully saturated rings. The van der Waals surface area contributed by atoms with Gasteiger partial charge in [0.1, 0.15) is 12.1 Å². The van der Waals surface area contributed by atoms with Crippen LogP contribution in [0.1, 0.15) is 29.7 Å². The summed E-state index contributed by atoms with van der Waals surface area (Å²) in [6.07, 6.45) is 5.61. The van der Waals surface area contributed by atoms with Crippen LogP contribution in [0.2, 0.25) is 0 Å². The lowest BCUT2D eigenvalue weighted by molar-refractivity contribution is 0.238. The van der Waals surface area contributed by atoms with Crippen molar-refractivity contribution in [2.45, 2.75) is 32.9 Å². The second-order valence-electron chi connectivity index (χ2n) is 6.08. The maximum absolute atomic E-state index is 5.63. The fourth-order valence-electron chi connectivity index (χ4n) is 3.03. The Labute approximate surface area is 141 Å². The van der Waals surface area contributed by atoms with Gasteiger partial charge < -0.3 is 4.42 Å². The van der Waals surface area contributed by atoms with Crippen molar-refractivity contribution in [2.24, 2.45) is 0 Å². The van der Waals surface area contributed by atoms with Crippen LogP contribution < -0.4 is 0 Å². The van der Waals surface area contributed by atoms with Gasteiger partial charge in [-0.15, -0.1) is 0 Å². The van der Waals surface area contributed by atoms with Gasteiger partial charge in [-0.1, -0.05) is 25.1 Å². The zero-order valence-corrected chi connectivity index (χ0v) is 13.8. The first-order valence-corrected chi connectivity index (χ1v) is 8.37. The van der Waals surface area contributed by atoms with Crippen LogP contribution in [0.25, 0.3) is 11.5 Å². The summed E-state index contributed by atoms with van der Waals surface area (Å²) in [5.41, 5.74) is 4.39. The SMILES string of the molecule is CCc1ncc2c(n1)CN(Cc1coc(-c3ccccc3)n1)CC2. The van der Waals surface area contributed by atoms with Gasteiger partial charge in [0.25, 0.3) is 0 Å². The smallest absolute Gasteiger partial charge is 0.226 e. The van der Waals surface area contributed by atoms with E-state index in [1.807, 2.05) is 36.5 Å². The number of aromatic nitrogens is 3. The molecule has 1 aliphatic rings. The third kappa shape index (κ3) is 3.08. The zero-order valence-electron chi connectivity index (χ0n) is 13.8. The normalized spacial score (nSPS) is 14.5. The predicted molar refractivity (Wildman–Crippen MR) is 91.2 cm³/mol. The van der Waals surface area contributed by atoms with Crippen LogP contribution in [0.5, 0.6) is 0 Å². The largest absolute Gasteiger partial charge is 0.444 e. The number of hydrogen-bond acceptors (Lipinski definition) is 5. The number of aryl methyl sites for hydroxylation is 1. The van der Waals surface area contributed by atoms with Crippen molar-refractivity contribution in [1.82, 2.24) is 19.9 Å². The zero-order chi connectivity index (χ0) is 16.4. The van der Waals surface area contributed by atoms with Crippen molar-refractivity contribution < 1.29 is 4.42 Å². The molecule has 3 heterocycles. The van der Waals surface area contributed by atoms with Gasteiger partial charge >= 0.3 is 0 Å². The van der Waals surface area contributed by atoms with Gasteiger partial charge in [0.15, 0.2) is 0 Å². The summed E-state index contributed by atoms with van der Waals surface area (Å²) in [6.45, 7) is 4.71. The van der Waals surface area contributed by atoms with E-state index in [9.17, 15) is 0 Å². The first-order chi connectivity index (χ1) is 11.8. The van der Waals surface area contributed by atoms with E-state index in [0.29, 0.717) is 5.89 Å². The molecule has 0 N–H and O–H groups in total. The maximum Gasteiger partial charge on any atom is 0.226 e. The summed E-state index contributed by atoms with van der Waals surface area (Å²) in [7, 11) is 0. The van der Waals surface area contributed by atoms with Crippen LogP contribution in [0.3, 0.4) is 0 Å². The van der Waals surface area contributed by atoms with Gasteiger partial charge in [0, 0.05) is 37.8 Å². The third-order valence-corrected chi connectivity index (χ3v) is 4.35. The molecule has 0 saturated carbocycles. The number of nitrogens with zero attached hydrogens (tertiary/aromatic N) is 4. The van der Waals surface area contributed by atoms with Gasteiger partial charge in [-0.25, -0.2) is 15.0 Å². The molecule has 5 heteroatoms. The van der Waals surface area contributed by atoms with E-state index in [0.717, 1.165) is 55.3 Å². The van der Waals surface area contributed by atoms with Gasteiger partial charge in [0.05, 0.1) is 11.4 Å². The summed E-state index contributed by atoms with van der Waals surface area (Å²) in [4.78, 5) is 16.1. The van der Waals surface area contributed by atoms with E-state index in [1.165, 1.54) is 5.56 Å². The molecule has 1 aromatic carbocycles. The first-order valence-electron chi connectivity index (χ1n) is 8.37. The molecule has 2 aromatic heterocycles. The molecule has 24 heavy (non-hydrogen) atoms. The van der Waals surface area contributed by atoms with Crippen molar-refractivity contribution in [1.29, 1.82) is 0 Å². The highest BCUT2D eigenvalue weighted by molar-refractivity contribution is 5.52. The van der Waals surface area contributed by atoms with Crippen LogP contribution in [0.4, 0.5) is 0 Å². The summed E-state index contributed by atoms with van der Waals surface area (Å²) >= 11 is 0. The Hall–Kier alpha value is -2.53. The van der Waals surface area contributed by atoms with E-state index < -0.39 is 0 Å². The van der Waals surface area contributed by atoms with Crippen LogP contribution in [-0.2, 0) is 25.9 Å². The molecular formula is C19H20N4O. The topological polar surface area (TPSA) is 55.1 Å². The molecule has 4 rings (SSSR count). The van der Waals surface area contributed by atoms with Gasteiger partial charge in [-0.2, -0.15) is 0 Å².